The van der Waals surface area contributed by atoms with Crippen molar-refractivity contribution in [3.8, 4) is 17.2 Å². The topological polar surface area (TPSA) is 110 Å². The Balaban J connectivity index is 0.00000841. The molecule has 0 radical (unpaired) electrons. The molecular formula is C46H56ClNO8. The molecule has 0 aromatic heterocycles. The van der Waals surface area contributed by atoms with E-state index in [1.54, 1.807) is 102 Å². The van der Waals surface area contributed by atoms with Crippen molar-refractivity contribution in [3.63, 3.8) is 0 Å². The van der Waals surface area contributed by atoms with Crippen LogP contribution in [-0.4, -0.2) is 43.0 Å². The van der Waals surface area contributed by atoms with E-state index in [0.717, 1.165) is 24.1 Å². The fraction of sp³-hybridized carbons (Fsp3) is 0.391. The first kappa shape index (κ1) is 45.4. The lowest BCUT2D eigenvalue weighted by atomic mass is 9.85. The number of hydrogen-bond acceptors (Lipinski definition) is 8. The van der Waals surface area contributed by atoms with Crippen molar-refractivity contribution < 1.29 is 55.4 Å². The number of nitrogens with one attached hydrogen (secondary N) is 1. The predicted molar refractivity (Wildman–Crippen MR) is 212 cm³/mol. The summed E-state index contributed by atoms with van der Waals surface area (Å²) in [6.45, 7) is 20.8. The lowest BCUT2D eigenvalue weighted by Gasteiger charge is -2.30. The molecule has 0 aliphatic carbocycles. The second kappa shape index (κ2) is 19.7. The number of carbonyl (C=O) groups excluding carboxylic acids is 4. The third kappa shape index (κ3) is 12.3. The van der Waals surface area contributed by atoms with Gasteiger partial charge in [0.25, 0.3) is 6.47 Å². The molecule has 0 spiro atoms. The molecule has 0 saturated carbocycles. The molecule has 0 heterocycles. The van der Waals surface area contributed by atoms with Crippen LogP contribution in [0.2, 0.25) is 0 Å². The minimum Gasteiger partial charge on any atom is -1.00 e. The van der Waals surface area contributed by atoms with Crippen molar-refractivity contribution in [2.24, 2.45) is 10.8 Å². The molecule has 4 aromatic rings. The first-order valence-electron chi connectivity index (χ1n) is 18.9. The van der Waals surface area contributed by atoms with E-state index in [2.05, 4.69) is 39.8 Å². The van der Waals surface area contributed by atoms with Crippen molar-refractivity contribution >= 4 is 24.4 Å². The number of carbonyl (C=O) groups is 4. The number of rotatable bonds is 15. The minimum atomic E-state index is -0.804. The number of benzene rings is 4. The van der Waals surface area contributed by atoms with Crippen molar-refractivity contribution in [2.75, 3.05) is 6.54 Å². The Morgan fingerprint density at radius 2 is 1.14 bits per heavy atom. The molecule has 4 rings (SSSR count). The van der Waals surface area contributed by atoms with Gasteiger partial charge in [0, 0.05) is 17.9 Å². The monoisotopic (exact) mass is 785 g/mol. The van der Waals surface area contributed by atoms with Crippen LogP contribution in [0.25, 0.3) is 0 Å². The zero-order valence-corrected chi connectivity index (χ0v) is 34.9. The maximum Gasteiger partial charge on any atom is 0.343 e. The van der Waals surface area contributed by atoms with E-state index in [1.165, 1.54) is 4.90 Å². The van der Waals surface area contributed by atoms with Crippen LogP contribution in [0, 0.1) is 10.8 Å². The summed E-state index contributed by atoms with van der Waals surface area (Å²) in [5.74, 6) is -0.433. The Kier molecular flexibility index (Phi) is 16.0. The standard InChI is InChI=1S/C46H55NO8.ClH/c1-30(2)47(31(3)4)27-26-38(32-14-12-11-13-15-32)39-28-35(41(52-29-48)33-16-21-36(22-17-33)53-43(50)45(5,6)7)20-25-40(39)55-42(49)34-18-23-37(24-19-34)54-44(51)46(8,9)10;/h11-25,28-31,38,41H,26-27H2,1-10H3;1H/t38-,41?;/m1./s1. The number of ether oxygens (including phenoxy) is 4. The van der Waals surface area contributed by atoms with E-state index >= 15 is 0 Å². The largest absolute Gasteiger partial charge is 1.00 e. The molecule has 0 aliphatic heterocycles. The first-order valence-corrected chi connectivity index (χ1v) is 18.9. The predicted octanol–water partition coefficient (Wildman–Crippen LogP) is 5.30. The van der Waals surface area contributed by atoms with Gasteiger partial charge >= 0.3 is 17.9 Å². The van der Waals surface area contributed by atoms with E-state index in [4.69, 9.17) is 18.9 Å². The number of quaternary nitrogens is 1. The summed E-state index contributed by atoms with van der Waals surface area (Å²) < 4.78 is 22.9. The highest BCUT2D eigenvalue weighted by molar-refractivity contribution is 5.91. The Labute approximate surface area is 338 Å². The SMILES string of the molecule is CC(C)[NH+](CC[C@H](c1ccccc1)c1cc(C(OC=O)c2ccc(OC(=O)C(C)(C)C)cc2)ccc1OC(=O)c1ccc(OC(=O)C(C)(C)C)cc1)C(C)C.[Cl-]. The highest BCUT2D eigenvalue weighted by atomic mass is 35.5. The molecule has 9 nitrogen and oxygen atoms in total. The van der Waals surface area contributed by atoms with Crippen LogP contribution in [0.3, 0.4) is 0 Å². The van der Waals surface area contributed by atoms with E-state index in [-0.39, 0.29) is 35.8 Å². The Morgan fingerprint density at radius 1 is 0.643 bits per heavy atom. The second-order valence-corrected chi connectivity index (χ2v) is 16.6. The van der Waals surface area contributed by atoms with E-state index in [0.29, 0.717) is 46.9 Å². The van der Waals surface area contributed by atoms with Crippen molar-refractivity contribution in [1.82, 2.24) is 0 Å². The van der Waals surface area contributed by atoms with Gasteiger partial charge in [-0.05, 0) is 134 Å². The van der Waals surface area contributed by atoms with Crippen LogP contribution >= 0.6 is 0 Å². The smallest absolute Gasteiger partial charge is 0.343 e. The van der Waals surface area contributed by atoms with Gasteiger partial charge in [0.15, 0.2) is 6.10 Å². The van der Waals surface area contributed by atoms with E-state index in [1.807, 2.05) is 24.3 Å². The lowest BCUT2D eigenvalue weighted by molar-refractivity contribution is -0.942. The molecule has 300 valence electrons. The molecular weight excluding hydrogens is 730 g/mol. The van der Waals surface area contributed by atoms with Crippen LogP contribution in [0.1, 0.15) is 120 Å². The summed E-state index contributed by atoms with van der Waals surface area (Å²) in [6.07, 6.45) is -0.0634. The van der Waals surface area contributed by atoms with Crippen LogP contribution in [0.15, 0.2) is 97.1 Å². The maximum absolute atomic E-state index is 13.7. The number of halogens is 1. The third-order valence-electron chi connectivity index (χ3n) is 9.43. The van der Waals surface area contributed by atoms with Crippen LogP contribution in [0.4, 0.5) is 0 Å². The average Bonchev–Trinajstić information content (AvgIpc) is 3.12. The Morgan fingerprint density at radius 3 is 1.62 bits per heavy atom. The van der Waals surface area contributed by atoms with Gasteiger partial charge in [-0.25, -0.2) is 4.79 Å². The van der Waals surface area contributed by atoms with Crippen molar-refractivity contribution in [3.05, 3.63) is 125 Å². The van der Waals surface area contributed by atoms with Gasteiger partial charge in [0.2, 0.25) is 0 Å². The number of hydrogen-bond donors (Lipinski definition) is 1. The molecule has 56 heavy (non-hydrogen) atoms. The van der Waals surface area contributed by atoms with Crippen molar-refractivity contribution in [1.29, 1.82) is 0 Å². The average molecular weight is 786 g/mol. The second-order valence-electron chi connectivity index (χ2n) is 16.6. The minimum absolute atomic E-state index is 0. The van der Waals surface area contributed by atoms with Crippen molar-refractivity contribution in [2.45, 2.75) is 99.8 Å². The quantitative estimate of drug-likeness (QED) is 0.0984. The highest BCUT2D eigenvalue weighted by Gasteiger charge is 2.28. The van der Waals surface area contributed by atoms with Gasteiger partial charge in [-0.15, -0.1) is 0 Å². The molecule has 0 bridgehead atoms. The Hall–Kier alpha value is -4.99. The van der Waals surface area contributed by atoms with Gasteiger partial charge < -0.3 is 36.3 Å². The molecule has 0 fully saturated rings. The maximum atomic E-state index is 13.7. The molecule has 1 unspecified atom stereocenters. The summed E-state index contributed by atoms with van der Waals surface area (Å²) in [5.41, 5.74) is 2.07. The van der Waals surface area contributed by atoms with Gasteiger partial charge in [-0.2, -0.15) is 0 Å². The fourth-order valence-electron chi connectivity index (χ4n) is 6.29. The van der Waals surface area contributed by atoms with Gasteiger partial charge in [0.05, 0.1) is 35.0 Å². The molecule has 2 atom stereocenters. The summed E-state index contributed by atoms with van der Waals surface area (Å²) >= 11 is 0. The van der Waals surface area contributed by atoms with E-state index < -0.39 is 22.9 Å². The molecule has 10 heteroatoms. The molecule has 4 aromatic carbocycles. The zero-order valence-electron chi connectivity index (χ0n) is 34.2. The molecule has 0 saturated heterocycles. The Bertz CT molecular complexity index is 1900. The number of esters is 3. The third-order valence-corrected chi connectivity index (χ3v) is 9.43. The normalized spacial score (nSPS) is 12.7. The lowest BCUT2D eigenvalue weighted by Crippen LogP contribution is -3.17. The molecule has 0 aliphatic rings. The summed E-state index contributed by atoms with van der Waals surface area (Å²) in [7, 11) is 0. The van der Waals surface area contributed by atoms with E-state index in [9.17, 15) is 19.2 Å². The van der Waals surface area contributed by atoms with Gasteiger partial charge in [-0.3, -0.25) is 14.4 Å². The van der Waals surface area contributed by atoms with Crippen LogP contribution < -0.4 is 31.5 Å². The summed E-state index contributed by atoms with van der Waals surface area (Å²) in [4.78, 5) is 52.0. The molecule has 1 N–H and O–H groups in total. The zero-order chi connectivity index (χ0) is 40.5. The van der Waals surface area contributed by atoms with Crippen LogP contribution in [0.5, 0.6) is 17.2 Å². The highest BCUT2D eigenvalue weighted by Crippen LogP contribution is 2.39. The van der Waals surface area contributed by atoms with Crippen LogP contribution in [-0.2, 0) is 19.1 Å². The molecule has 0 amide bonds. The van der Waals surface area contributed by atoms with Gasteiger partial charge in [-0.1, -0.05) is 48.5 Å². The summed E-state index contributed by atoms with van der Waals surface area (Å²) in [6, 6.07) is 29.5. The first-order chi connectivity index (χ1) is 25.9. The fourth-order valence-corrected chi connectivity index (χ4v) is 6.29. The van der Waals surface area contributed by atoms with Gasteiger partial charge in [0.1, 0.15) is 17.2 Å². The summed E-state index contributed by atoms with van der Waals surface area (Å²) in [5, 5.41) is 0.